The lowest BCUT2D eigenvalue weighted by atomic mass is 9.56. The molecule has 258 valence electrons. The molecule has 0 bridgehead atoms. The van der Waals surface area contributed by atoms with Gasteiger partial charge in [-0.1, -0.05) is 64.0 Å². The van der Waals surface area contributed by atoms with E-state index in [9.17, 15) is 28.7 Å². The summed E-state index contributed by atoms with van der Waals surface area (Å²) >= 11 is 17.5. The van der Waals surface area contributed by atoms with Gasteiger partial charge in [0.25, 0.3) is 11.8 Å². The van der Waals surface area contributed by atoms with Crippen molar-refractivity contribution in [1.29, 1.82) is 0 Å². The Labute approximate surface area is 305 Å². The number of carbonyl (C=O) groups is 4. The van der Waals surface area contributed by atoms with Crippen molar-refractivity contribution in [1.82, 2.24) is 4.90 Å². The molecule has 0 radical (unpaired) electrons. The molecule has 1 N–H and O–H groups in total. The van der Waals surface area contributed by atoms with Crippen LogP contribution in [0.5, 0.6) is 17.2 Å². The average Bonchev–Trinajstić information content (AvgIpc) is 3.46. The Balaban J connectivity index is 1.24. The van der Waals surface area contributed by atoms with Crippen LogP contribution in [0.1, 0.15) is 35.4 Å². The number of rotatable bonds is 7. The SMILES string of the molecule is COc1ccc(OC)c(C=Cc2ccc(N3C(=O)[C@H]4[C@H](CC=C5[C@H]4C[C@@]4(Cl)C(=O)N(CBr)C(=O)[C@@]4(Cl)[C@H]5c4cccc(F)c4O)C3=O)cc2)c1. The lowest BCUT2D eigenvalue weighted by Crippen LogP contribution is -2.60. The zero-order chi connectivity index (χ0) is 35.7. The molecule has 4 amide bonds. The minimum atomic E-state index is -2.15. The number of nitrogens with zero attached hydrogens (tertiary/aromatic N) is 2. The number of halogens is 4. The molecular weight excluding hydrogens is 754 g/mol. The number of hydrogen-bond acceptors (Lipinski definition) is 7. The molecule has 3 aromatic rings. The van der Waals surface area contributed by atoms with Gasteiger partial charge in [0.05, 0.1) is 37.2 Å². The number of benzene rings is 3. The molecular formula is C37H30BrCl2FN2O7. The van der Waals surface area contributed by atoms with Crippen LogP contribution >= 0.6 is 39.1 Å². The standard InChI is InChI=1S/C37H30BrCl2FN2O7/c1-49-22-12-15-28(50-2)20(16-22)9-6-19-7-10-21(11-8-19)43-32(45)24-14-13-23-26(29(24)33(43)46)17-36(39)34(47)42(18-38)35(48)37(36,40)30(23)25-4-3-5-27(41)31(25)44/h3-13,15-16,24,26,29-30,44H,14,17-18H2,1-2H3/t24-,26+,29-,30+,36+,37-/m0/s1. The third-order valence-corrected chi connectivity index (χ3v) is 12.3. The molecule has 0 aromatic heterocycles. The van der Waals surface area contributed by atoms with Crippen molar-refractivity contribution in [3.63, 3.8) is 0 Å². The van der Waals surface area contributed by atoms with E-state index in [-0.39, 0.29) is 23.9 Å². The second-order valence-electron chi connectivity index (χ2n) is 12.7. The largest absolute Gasteiger partial charge is 0.505 e. The number of ether oxygens (including phenoxy) is 2. The first-order valence-electron chi connectivity index (χ1n) is 15.8. The number of hydrogen-bond donors (Lipinski definition) is 1. The van der Waals surface area contributed by atoms with Gasteiger partial charge in [-0.3, -0.25) is 29.0 Å². The van der Waals surface area contributed by atoms with Gasteiger partial charge in [0.15, 0.2) is 21.3 Å². The minimum Gasteiger partial charge on any atom is -0.505 e. The highest BCUT2D eigenvalue weighted by atomic mass is 79.9. The quantitative estimate of drug-likeness (QED) is 0.0941. The van der Waals surface area contributed by atoms with Crippen LogP contribution in [0.3, 0.4) is 0 Å². The molecule has 7 rings (SSSR count). The number of aromatic hydroxyl groups is 1. The number of allylic oxidation sites excluding steroid dienone is 2. The number of methoxy groups -OCH3 is 2. The maximum absolute atomic E-state index is 14.8. The smallest absolute Gasteiger partial charge is 0.254 e. The van der Waals surface area contributed by atoms with E-state index in [0.717, 1.165) is 27.0 Å². The van der Waals surface area contributed by atoms with Gasteiger partial charge in [0.2, 0.25) is 11.8 Å². The van der Waals surface area contributed by atoms with Gasteiger partial charge in [0.1, 0.15) is 11.5 Å². The Morgan fingerprint density at radius 2 is 1.70 bits per heavy atom. The molecule has 3 fully saturated rings. The number of likely N-dealkylation sites (tertiary alicyclic amines) is 1. The first-order chi connectivity index (χ1) is 23.9. The molecule has 2 saturated heterocycles. The van der Waals surface area contributed by atoms with Crippen molar-refractivity contribution in [2.75, 3.05) is 24.6 Å². The van der Waals surface area contributed by atoms with Gasteiger partial charge in [-0.25, -0.2) is 4.39 Å². The van der Waals surface area contributed by atoms with Gasteiger partial charge in [0, 0.05) is 17.0 Å². The van der Waals surface area contributed by atoms with E-state index in [1.54, 1.807) is 56.7 Å². The van der Waals surface area contributed by atoms with Gasteiger partial charge in [-0.05, 0) is 60.7 Å². The van der Waals surface area contributed by atoms with Crippen LogP contribution in [0.4, 0.5) is 10.1 Å². The molecule has 2 aliphatic heterocycles. The molecule has 50 heavy (non-hydrogen) atoms. The average molecular weight is 784 g/mol. The second-order valence-corrected chi connectivity index (χ2v) is 14.5. The van der Waals surface area contributed by atoms with Crippen LogP contribution in [0.2, 0.25) is 0 Å². The minimum absolute atomic E-state index is 0.0409. The Morgan fingerprint density at radius 3 is 2.38 bits per heavy atom. The highest BCUT2D eigenvalue weighted by Gasteiger charge is 2.76. The molecule has 4 aliphatic rings. The van der Waals surface area contributed by atoms with Crippen LogP contribution in [-0.2, 0) is 19.2 Å². The van der Waals surface area contributed by atoms with Crippen LogP contribution in [0.15, 0.2) is 72.3 Å². The van der Waals surface area contributed by atoms with Crippen LogP contribution in [-0.4, -0.2) is 63.1 Å². The molecule has 0 unspecified atom stereocenters. The van der Waals surface area contributed by atoms with E-state index < -0.39 is 68.6 Å². The van der Waals surface area contributed by atoms with Crippen molar-refractivity contribution >= 4 is 80.6 Å². The maximum Gasteiger partial charge on any atom is 0.254 e. The zero-order valence-electron chi connectivity index (χ0n) is 26.7. The lowest BCUT2D eigenvalue weighted by Gasteiger charge is -2.50. The van der Waals surface area contributed by atoms with E-state index in [0.29, 0.717) is 22.8 Å². The summed E-state index contributed by atoms with van der Waals surface area (Å²) in [4.78, 5) is 53.7. The Bertz CT molecular complexity index is 2020. The summed E-state index contributed by atoms with van der Waals surface area (Å²) < 4.78 is 25.6. The van der Waals surface area contributed by atoms with Gasteiger partial charge in [-0.15, -0.1) is 23.2 Å². The fraction of sp³-hybridized carbons (Fsp3) is 0.297. The zero-order valence-corrected chi connectivity index (χ0v) is 29.8. The summed E-state index contributed by atoms with van der Waals surface area (Å²) in [6.45, 7) is 0. The lowest BCUT2D eigenvalue weighted by molar-refractivity contribution is -0.138. The summed E-state index contributed by atoms with van der Waals surface area (Å²) in [7, 11) is 3.16. The molecule has 3 aromatic carbocycles. The maximum atomic E-state index is 14.8. The monoisotopic (exact) mass is 782 g/mol. The van der Waals surface area contributed by atoms with Crippen LogP contribution in [0, 0.1) is 23.6 Å². The first-order valence-corrected chi connectivity index (χ1v) is 17.6. The number of phenolic OH excluding ortho intramolecular Hbond substituents is 1. The van der Waals surface area contributed by atoms with Crippen LogP contribution in [0.25, 0.3) is 12.2 Å². The van der Waals surface area contributed by atoms with Gasteiger partial charge < -0.3 is 14.6 Å². The Morgan fingerprint density at radius 1 is 0.960 bits per heavy atom. The highest BCUT2D eigenvalue weighted by molar-refractivity contribution is 9.09. The van der Waals surface area contributed by atoms with Crippen LogP contribution < -0.4 is 14.4 Å². The molecule has 6 atom stereocenters. The molecule has 13 heteroatoms. The highest BCUT2D eigenvalue weighted by Crippen LogP contribution is 2.66. The van der Waals surface area contributed by atoms with Gasteiger partial charge in [-0.2, -0.15) is 0 Å². The molecule has 9 nitrogen and oxygen atoms in total. The van der Waals surface area contributed by atoms with E-state index in [1.807, 2.05) is 18.2 Å². The summed E-state index contributed by atoms with van der Waals surface area (Å²) in [5.41, 5.74) is 2.17. The predicted molar refractivity (Wildman–Crippen MR) is 189 cm³/mol. The summed E-state index contributed by atoms with van der Waals surface area (Å²) in [5.74, 6) is -6.66. The fourth-order valence-corrected chi connectivity index (χ4v) is 9.43. The molecule has 2 heterocycles. The number of anilines is 1. The van der Waals surface area contributed by atoms with Gasteiger partial charge >= 0.3 is 0 Å². The summed E-state index contributed by atoms with van der Waals surface area (Å²) in [5, 5.41) is 10.9. The van der Waals surface area contributed by atoms with E-state index in [4.69, 9.17) is 32.7 Å². The van der Waals surface area contributed by atoms with Crippen molar-refractivity contribution in [3.8, 4) is 17.2 Å². The van der Waals surface area contributed by atoms with Crippen molar-refractivity contribution in [3.05, 3.63) is 94.8 Å². The third-order valence-electron chi connectivity index (χ3n) is 10.4. The molecule has 1 saturated carbocycles. The molecule has 2 aliphatic carbocycles. The van der Waals surface area contributed by atoms with Crippen molar-refractivity contribution in [2.45, 2.75) is 28.5 Å². The predicted octanol–water partition coefficient (Wildman–Crippen LogP) is 6.63. The number of fused-ring (bicyclic) bond motifs is 4. The number of para-hydroxylation sites is 1. The number of imide groups is 2. The second kappa shape index (κ2) is 12.5. The normalized spacial score (nSPS) is 28.9. The van der Waals surface area contributed by atoms with Crippen molar-refractivity contribution in [2.24, 2.45) is 17.8 Å². The van der Waals surface area contributed by atoms with E-state index in [2.05, 4.69) is 15.9 Å². The number of alkyl halides is 3. The molecule has 0 spiro atoms. The third kappa shape index (κ3) is 4.84. The summed E-state index contributed by atoms with van der Waals surface area (Å²) in [6.07, 6.45) is 5.36. The van der Waals surface area contributed by atoms with Crippen molar-refractivity contribution < 1.29 is 38.1 Å². The number of phenols is 1. The number of amides is 4. The first kappa shape index (κ1) is 34.3. The summed E-state index contributed by atoms with van der Waals surface area (Å²) in [6, 6.07) is 16.2. The Hall–Kier alpha value is -4.19. The van der Waals surface area contributed by atoms with E-state index >= 15 is 0 Å². The van der Waals surface area contributed by atoms with E-state index in [1.165, 1.54) is 12.1 Å². The Kier molecular flexibility index (Phi) is 8.60. The topological polar surface area (TPSA) is 113 Å². The fourth-order valence-electron chi connectivity index (χ4n) is 8.01. The number of carbonyl (C=O) groups excluding carboxylic acids is 4.